The SMILES string of the molecule is C#CCn1c(=NC(=O)c2nc3ccccc3s2)sc2cc(OC)ccc21. The molecule has 0 saturated heterocycles. The maximum Gasteiger partial charge on any atom is 0.308 e. The van der Waals surface area contributed by atoms with Gasteiger partial charge in [-0.05, 0) is 30.3 Å². The zero-order valence-corrected chi connectivity index (χ0v) is 15.4. The molecule has 0 aliphatic heterocycles. The molecule has 0 atom stereocenters. The standard InChI is InChI=1S/C19H13N3O2S2/c1-3-10-22-14-9-8-12(24-2)11-16(14)26-19(22)21-17(23)18-20-13-6-4-5-7-15(13)25-18/h1,4-9,11H,10H2,2H3. The van der Waals surface area contributed by atoms with Gasteiger partial charge in [0.05, 0.1) is 34.1 Å². The number of hydrogen-bond donors (Lipinski definition) is 0. The van der Waals surface area contributed by atoms with Crippen LogP contribution in [0.3, 0.4) is 0 Å². The number of carbonyl (C=O) groups is 1. The van der Waals surface area contributed by atoms with E-state index in [1.807, 2.05) is 47.0 Å². The van der Waals surface area contributed by atoms with Crippen LogP contribution in [0.2, 0.25) is 0 Å². The van der Waals surface area contributed by atoms with Crippen LogP contribution in [0.5, 0.6) is 5.75 Å². The number of hydrogen-bond acceptors (Lipinski definition) is 5. The van der Waals surface area contributed by atoms with Gasteiger partial charge in [-0.2, -0.15) is 4.99 Å². The summed E-state index contributed by atoms with van der Waals surface area (Å²) in [4.78, 5) is 21.9. The highest BCUT2D eigenvalue weighted by molar-refractivity contribution is 7.20. The third-order valence-electron chi connectivity index (χ3n) is 3.81. The summed E-state index contributed by atoms with van der Waals surface area (Å²) in [6, 6.07) is 13.3. The van der Waals surface area contributed by atoms with E-state index in [2.05, 4.69) is 15.9 Å². The molecule has 1 amide bonds. The van der Waals surface area contributed by atoms with Crippen LogP contribution < -0.4 is 9.54 Å². The average molecular weight is 379 g/mol. The molecule has 0 radical (unpaired) electrons. The molecule has 0 spiro atoms. The molecule has 2 heterocycles. The van der Waals surface area contributed by atoms with Crippen molar-refractivity contribution in [1.29, 1.82) is 0 Å². The van der Waals surface area contributed by atoms with Gasteiger partial charge in [-0.25, -0.2) is 4.98 Å². The van der Waals surface area contributed by atoms with Gasteiger partial charge in [0, 0.05) is 0 Å². The second-order valence-electron chi connectivity index (χ2n) is 5.41. The topological polar surface area (TPSA) is 56.5 Å². The van der Waals surface area contributed by atoms with Crippen LogP contribution in [-0.2, 0) is 6.54 Å². The summed E-state index contributed by atoms with van der Waals surface area (Å²) in [7, 11) is 1.62. The van der Waals surface area contributed by atoms with Crippen molar-refractivity contribution in [3.8, 4) is 18.1 Å². The number of aromatic nitrogens is 2. The molecule has 4 aromatic rings. The van der Waals surface area contributed by atoms with Gasteiger partial charge in [-0.3, -0.25) is 4.79 Å². The zero-order chi connectivity index (χ0) is 18.1. The molecule has 2 aromatic carbocycles. The Bertz CT molecular complexity index is 1210. The molecule has 26 heavy (non-hydrogen) atoms. The summed E-state index contributed by atoms with van der Waals surface area (Å²) in [5, 5.41) is 0.369. The minimum absolute atomic E-state index is 0.332. The Hall–Kier alpha value is -2.95. The van der Waals surface area contributed by atoms with Gasteiger partial charge in [0.25, 0.3) is 0 Å². The number of thiazole rings is 2. The Morgan fingerprint density at radius 2 is 2.12 bits per heavy atom. The molecule has 4 rings (SSSR count). The third-order valence-corrected chi connectivity index (χ3v) is 5.88. The number of carbonyl (C=O) groups excluding carboxylic acids is 1. The average Bonchev–Trinajstić information content (AvgIpc) is 3.23. The van der Waals surface area contributed by atoms with Crippen molar-refractivity contribution in [2.24, 2.45) is 4.99 Å². The molecule has 0 bridgehead atoms. The molecule has 0 fully saturated rings. The van der Waals surface area contributed by atoms with Crippen LogP contribution in [-0.4, -0.2) is 22.6 Å². The van der Waals surface area contributed by atoms with E-state index in [1.165, 1.54) is 22.7 Å². The minimum atomic E-state index is -0.365. The fourth-order valence-corrected chi connectivity index (χ4v) is 4.51. The Balaban J connectivity index is 1.84. The predicted octanol–water partition coefficient (Wildman–Crippen LogP) is 3.70. The molecule has 0 aliphatic carbocycles. The molecule has 7 heteroatoms. The summed E-state index contributed by atoms with van der Waals surface area (Å²) in [5.41, 5.74) is 1.72. The van der Waals surface area contributed by atoms with Crippen LogP contribution in [0.25, 0.3) is 20.4 Å². The fourth-order valence-electron chi connectivity index (χ4n) is 2.61. The maximum atomic E-state index is 12.6. The molecular weight excluding hydrogens is 366 g/mol. The summed E-state index contributed by atoms with van der Waals surface area (Å²) in [5.74, 6) is 3.00. The number of benzene rings is 2. The highest BCUT2D eigenvalue weighted by Crippen LogP contribution is 2.24. The van der Waals surface area contributed by atoms with E-state index in [0.717, 1.165) is 26.2 Å². The molecule has 0 saturated carbocycles. The maximum absolute atomic E-state index is 12.6. The van der Waals surface area contributed by atoms with Gasteiger partial charge in [-0.1, -0.05) is 29.4 Å². The first-order chi connectivity index (χ1) is 12.7. The highest BCUT2D eigenvalue weighted by Gasteiger charge is 2.13. The molecule has 0 aliphatic rings. The Morgan fingerprint density at radius 1 is 1.27 bits per heavy atom. The lowest BCUT2D eigenvalue weighted by Gasteiger charge is -2.01. The number of methoxy groups -OCH3 is 1. The molecule has 2 aromatic heterocycles. The van der Waals surface area contributed by atoms with Gasteiger partial charge in [0.15, 0.2) is 9.81 Å². The van der Waals surface area contributed by atoms with Gasteiger partial charge in [0.2, 0.25) is 0 Å². The van der Waals surface area contributed by atoms with E-state index in [4.69, 9.17) is 11.2 Å². The largest absolute Gasteiger partial charge is 0.497 e. The third kappa shape index (κ3) is 2.90. The lowest BCUT2D eigenvalue weighted by molar-refractivity contribution is 0.0997. The van der Waals surface area contributed by atoms with E-state index in [0.29, 0.717) is 16.4 Å². The summed E-state index contributed by atoms with van der Waals surface area (Å²) >= 11 is 2.74. The number of rotatable bonds is 3. The van der Waals surface area contributed by atoms with Crippen molar-refractivity contribution in [3.05, 3.63) is 52.3 Å². The van der Waals surface area contributed by atoms with E-state index >= 15 is 0 Å². The van der Waals surface area contributed by atoms with Crippen molar-refractivity contribution in [1.82, 2.24) is 9.55 Å². The number of fused-ring (bicyclic) bond motifs is 2. The smallest absolute Gasteiger partial charge is 0.308 e. The number of terminal acetylenes is 1. The first kappa shape index (κ1) is 16.5. The minimum Gasteiger partial charge on any atom is -0.497 e. The van der Waals surface area contributed by atoms with Crippen molar-refractivity contribution in [3.63, 3.8) is 0 Å². The van der Waals surface area contributed by atoms with E-state index < -0.39 is 0 Å². The van der Waals surface area contributed by atoms with E-state index in [-0.39, 0.29) is 5.91 Å². The van der Waals surface area contributed by atoms with Gasteiger partial charge >= 0.3 is 5.91 Å². The Morgan fingerprint density at radius 3 is 2.88 bits per heavy atom. The number of nitrogens with zero attached hydrogens (tertiary/aromatic N) is 3. The van der Waals surface area contributed by atoms with Gasteiger partial charge < -0.3 is 9.30 Å². The molecule has 5 nitrogen and oxygen atoms in total. The van der Waals surface area contributed by atoms with Crippen molar-refractivity contribution < 1.29 is 9.53 Å². The number of para-hydroxylation sites is 1. The van der Waals surface area contributed by atoms with E-state index in [1.54, 1.807) is 7.11 Å². The van der Waals surface area contributed by atoms with Crippen LogP contribution in [0.4, 0.5) is 0 Å². The lowest BCUT2D eigenvalue weighted by atomic mass is 10.3. The van der Waals surface area contributed by atoms with Gasteiger partial charge in [-0.15, -0.1) is 17.8 Å². The van der Waals surface area contributed by atoms with Crippen LogP contribution in [0.1, 0.15) is 9.80 Å². The zero-order valence-electron chi connectivity index (χ0n) is 13.8. The normalized spacial score (nSPS) is 11.8. The van der Waals surface area contributed by atoms with Crippen LogP contribution in [0, 0.1) is 12.3 Å². The van der Waals surface area contributed by atoms with Gasteiger partial charge in [0.1, 0.15) is 5.75 Å². The molecule has 0 N–H and O–H groups in total. The summed E-state index contributed by atoms with van der Waals surface area (Å²) in [6.07, 6.45) is 5.50. The Labute approximate surface area is 157 Å². The molecular formula is C19H13N3O2S2. The predicted molar refractivity (Wildman–Crippen MR) is 105 cm³/mol. The second kappa shape index (κ2) is 6.75. The molecule has 128 valence electrons. The Kier molecular flexibility index (Phi) is 4.29. The molecule has 0 unspecified atom stereocenters. The fraction of sp³-hybridized carbons (Fsp3) is 0.105. The van der Waals surface area contributed by atoms with E-state index in [9.17, 15) is 4.79 Å². The first-order valence-electron chi connectivity index (χ1n) is 7.75. The first-order valence-corrected chi connectivity index (χ1v) is 9.38. The monoisotopic (exact) mass is 379 g/mol. The summed E-state index contributed by atoms with van der Waals surface area (Å²) in [6.45, 7) is 0.332. The van der Waals surface area contributed by atoms with Crippen LogP contribution in [0.15, 0.2) is 47.5 Å². The number of ether oxygens (including phenoxy) is 1. The quantitative estimate of drug-likeness (QED) is 0.510. The second-order valence-corrected chi connectivity index (χ2v) is 7.45. The van der Waals surface area contributed by atoms with Crippen molar-refractivity contribution in [2.75, 3.05) is 7.11 Å². The van der Waals surface area contributed by atoms with Crippen molar-refractivity contribution in [2.45, 2.75) is 6.54 Å². The van der Waals surface area contributed by atoms with Crippen LogP contribution >= 0.6 is 22.7 Å². The lowest BCUT2D eigenvalue weighted by Crippen LogP contribution is -2.16. The van der Waals surface area contributed by atoms with Crippen molar-refractivity contribution >= 4 is 49.0 Å². The summed E-state index contributed by atoms with van der Waals surface area (Å²) < 4.78 is 9.03. The highest BCUT2D eigenvalue weighted by atomic mass is 32.1. The number of amides is 1.